The van der Waals surface area contributed by atoms with Gasteiger partial charge < -0.3 is 9.80 Å². The lowest BCUT2D eigenvalue weighted by atomic mass is 10.1. The topological polar surface area (TPSA) is 40.6 Å². The van der Waals surface area contributed by atoms with Crippen molar-refractivity contribution in [1.82, 2.24) is 9.80 Å². The summed E-state index contributed by atoms with van der Waals surface area (Å²) in [5.41, 5.74) is 2.99. The lowest BCUT2D eigenvalue weighted by Crippen LogP contribution is -2.42. The molecule has 0 fully saturated rings. The van der Waals surface area contributed by atoms with Crippen LogP contribution in [0.3, 0.4) is 0 Å². The SMILES string of the molecule is CCCCc1ccc(C(=O)N(CCCC)CC(=O)N(Cc2ccccc2)Cc2ccc(C)s2)cc1. The Bertz CT molecular complexity index is 1060. The van der Waals surface area contributed by atoms with Crippen molar-refractivity contribution in [1.29, 1.82) is 0 Å². The predicted octanol–water partition coefficient (Wildman–Crippen LogP) is 6.87. The predicted molar refractivity (Wildman–Crippen MR) is 146 cm³/mol. The number of carbonyl (C=O) groups excluding carboxylic acids is 2. The molecule has 0 saturated heterocycles. The third kappa shape index (κ3) is 8.36. The van der Waals surface area contributed by atoms with Crippen molar-refractivity contribution < 1.29 is 9.59 Å². The Morgan fingerprint density at radius 3 is 2.11 bits per heavy atom. The number of thiophene rings is 1. The van der Waals surface area contributed by atoms with Gasteiger partial charge in [0.1, 0.15) is 6.54 Å². The largest absolute Gasteiger partial charge is 0.332 e. The zero-order valence-corrected chi connectivity index (χ0v) is 22.2. The summed E-state index contributed by atoms with van der Waals surface area (Å²) in [5, 5.41) is 0. The number of aryl methyl sites for hydroxylation is 2. The Kier molecular flexibility index (Phi) is 10.5. The third-order valence-electron chi connectivity index (χ3n) is 6.13. The zero-order valence-electron chi connectivity index (χ0n) is 21.3. The molecule has 5 heteroatoms. The van der Waals surface area contributed by atoms with E-state index in [2.05, 4.69) is 32.9 Å². The maximum Gasteiger partial charge on any atom is 0.254 e. The Morgan fingerprint density at radius 2 is 1.49 bits per heavy atom. The van der Waals surface area contributed by atoms with Crippen LogP contribution in [0.4, 0.5) is 0 Å². The summed E-state index contributed by atoms with van der Waals surface area (Å²) in [6.45, 7) is 8.11. The first-order valence-electron chi connectivity index (χ1n) is 12.7. The first-order chi connectivity index (χ1) is 17.0. The lowest BCUT2D eigenvalue weighted by Gasteiger charge is -2.28. The Morgan fingerprint density at radius 1 is 0.771 bits per heavy atom. The number of rotatable bonds is 13. The van der Waals surface area contributed by atoms with Gasteiger partial charge in [-0.3, -0.25) is 9.59 Å². The van der Waals surface area contributed by atoms with Gasteiger partial charge in [-0.1, -0.05) is 69.2 Å². The van der Waals surface area contributed by atoms with Gasteiger partial charge >= 0.3 is 0 Å². The fourth-order valence-corrected chi connectivity index (χ4v) is 4.94. The monoisotopic (exact) mass is 490 g/mol. The quantitative estimate of drug-likeness (QED) is 0.262. The zero-order chi connectivity index (χ0) is 25.0. The van der Waals surface area contributed by atoms with E-state index in [9.17, 15) is 9.59 Å². The average Bonchev–Trinajstić information content (AvgIpc) is 3.29. The molecule has 1 heterocycles. The second-order valence-electron chi connectivity index (χ2n) is 9.13. The molecule has 0 aliphatic heterocycles. The molecule has 0 saturated carbocycles. The molecule has 0 radical (unpaired) electrons. The molecule has 3 aromatic rings. The van der Waals surface area contributed by atoms with E-state index >= 15 is 0 Å². The maximum absolute atomic E-state index is 13.6. The second kappa shape index (κ2) is 13.8. The minimum atomic E-state index is -0.0690. The van der Waals surface area contributed by atoms with Crippen molar-refractivity contribution in [2.75, 3.05) is 13.1 Å². The number of hydrogen-bond acceptors (Lipinski definition) is 3. The highest BCUT2D eigenvalue weighted by atomic mass is 32.1. The van der Waals surface area contributed by atoms with Crippen molar-refractivity contribution in [3.8, 4) is 0 Å². The molecule has 0 bridgehead atoms. The molecule has 0 spiro atoms. The van der Waals surface area contributed by atoms with Gasteiger partial charge in [0.05, 0.1) is 6.54 Å². The van der Waals surface area contributed by atoms with Gasteiger partial charge in [0, 0.05) is 28.4 Å². The average molecular weight is 491 g/mol. The Labute approximate surface area is 214 Å². The third-order valence-corrected chi connectivity index (χ3v) is 7.11. The molecule has 35 heavy (non-hydrogen) atoms. The molecule has 0 aliphatic rings. The normalized spacial score (nSPS) is 10.8. The van der Waals surface area contributed by atoms with Crippen molar-refractivity contribution in [2.24, 2.45) is 0 Å². The highest BCUT2D eigenvalue weighted by molar-refractivity contribution is 7.11. The van der Waals surface area contributed by atoms with Crippen molar-refractivity contribution in [2.45, 2.75) is 66.0 Å². The summed E-state index contributed by atoms with van der Waals surface area (Å²) in [6, 6.07) is 22.1. The Balaban J connectivity index is 1.76. The lowest BCUT2D eigenvalue weighted by molar-refractivity contribution is -0.133. The van der Waals surface area contributed by atoms with Crippen LogP contribution in [0.25, 0.3) is 0 Å². The summed E-state index contributed by atoms with van der Waals surface area (Å²) in [6.07, 6.45) is 5.16. The van der Waals surface area contributed by atoms with Gasteiger partial charge in [-0.2, -0.15) is 0 Å². The van der Waals surface area contributed by atoms with Crippen molar-refractivity contribution in [3.05, 3.63) is 93.2 Å². The van der Waals surface area contributed by atoms with Crippen LogP contribution in [0.5, 0.6) is 0 Å². The number of hydrogen-bond donors (Lipinski definition) is 0. The second-order valence-corrected chi connectivity index (χ2v) is 10.5. The van der Waals surface area contributed by atoms with Crippen molar-refractivity contribution >= 4 is 23.2 Å². The van der Waals surface area contributed by atoms with Crippen LogP contribution in [0.15, 0.2) is 66.7 Å². The molecule has 0 unspecified atom stereocenters. The van der Waals surface area contributed by atoms with Crippen LogP contribution in [0.1, 0.15) is 70.8 Å². The molecular formula is C30H38N2O2S. The smallest absolute Gasteiger partial charge is 0.254 e. The van der Waals surface area contributed by atoms with Gasteiger partial charge in [0.25, 0.3) is 5.91 Å². The molecule has 0 N–H and O–H groups in total. The van der Waals surface area contributed by atoms with Gasteiger partial charge in [0.2, 0.25) is 5.91 Å². The molecule has 2 amide bonds. The van der Waals surface area contributed by atoms with Crippen LogP contribution in [0, 0.1) is 6.92 Å². The number of carbonyl (C=O) groups is 2. The summed E-state index contributed by atoms with van der Waals surface area (Å²) in [5.74, 6) is -0.0932. The van der Waals surface area contributed by atoms with Crippen LogP contribution in [0.2, 0.25) is 0 Å². The van der Waals surface area contributed by atoms with E-state index in [4.69, 9.17) is 0 Å². The molecule has 0 aliphatic carbocycles. The standard InChI is InChI=1S/C30H38N2O2S/c1-4-6-11-25-15-17-27(18-16-25)30(34)31(20-7-5-2)23-29(33)32(21-26-12-9-8-10-13-26)22-28-19-14-24(3)35-28/h8-10,12-19H,4-7,11,20-23H2,1-3H3. The molecule has 4 nitrogen and oxygen atoms in total. The molecule has 0 atom stereocenters. The van der Waals surface area contributed by atoms with E-state index in [1.807, 2.05) is 59.5 Å². The number of nitrogens with zero attached hydrogens (tertiary/aromatic N) is 2. The van der Waals surface area contributed by atoms with E-state index in [0.29, 0.717) is 25.2 Å². The summed E-state index contributed by atoms with van der Waals surface area (Å²) < 4.78 is 0. The molecule has 186 valence electrons. The van der Waals surface area contributed by atoms with Crippen LogP contribution < -0.4 is 0 Å². The first-order valence-corrected chi connectivity index (χ1v) is 13.6. The van der Waals surface area contributed by atoms with Gasteiger partial charge in [-0.15, -0.1) is 11.3 Å². The van der Waals surface area contributed by atoms with Crippen LogP contribution in [-0.4, -0.2) is 34.7 Å². The van der Waals surface area contributed by atoms with Crippen LogP contribution >= 0.6 is 11.3 Å². The van der Waals surface area contributed by atoms with E-state index in [0.717, 1.165) is 42.5 Å². The number of benzene rings is 2. The van der Waals surface area contributed by atoms with Crippen LogP contribution in [-0.2, 0) is 24.3 Å². The fourth-order valence-electron chi connectivity index (χ4n) is 4.04. The fraction of sp³-hybridized carbons (Fsp3) is 0.400. The first kappa shape index (κ1) is 26.7. The van der Waals surface area contributed by atoms with E-state index < -0.39 is 0 Å². The summed E-state index contributed by atoms with van der Waals surface area (Å²) >= 11 is 1.71. The van der Waals surface area contributed by atoms with E-state index in [1.54, 1.807) is 16.2 Å². The minimum absolute atomic E-state index is 0.0241. The van der Waals surface area contributed by atoms with E-state index in [1.165, 1.54) is 10.4 Å². The van der Waals surface area contributed by atoms with Gasteiger partial charge in [-0.25, -0.2) is 0 Å². The highest BCUT2D eigenvalue weighted by Crippen LogP contribution is 2.19. The molecule has 2 aromatic carbocycles. The molecule has 1 aromatic heterocycles. The molecular weight excluding hydrogens is 452 g/mol. The maximum atomic E-state index is 13.6. The number of unbranched alkanes of at least 4 members (excludes halogenated alkanes) is 2. The highest BCUT2D eigenvalue weighted by Gasteiger charge is 2.23. The summed E-state index contributed by atoms with van der Waals surface area (Å²) in [7, 11) is 0. The van der Waals surface area contributed by atoms with Crippen molar-refractivity contribution in [3.63, 3.8) is 0 Å². The minimum Gasteiger partial charge on any atom is -0.332 e. The summed E-state index contributed by atoms with van der Waals surface area (Å²) in [4.78, 5) is 33.0. The van der Waals surface area contributed by atoms with Gasteiger partial charge in [-0.05, 0) is 61.6 Å². The van der Waals surface area contributed by atoms with Gasteiger partial charge in [0.15, 0.2) is 0 Å². The number of amides is 2. The molecule has 3 rings (SSSR count). The Hall–Kier alpha value is -2.92. The van der Waals surface area contributed by atoms with E-state index in [-0.39, 0.29) is 18.4 Å².